The van der Waals surface area contributed by atoms with Crippen LogP contribution >= 0.6 is 15.9 Å². The first kappa shape index (κ1) is 21.1. The predicted molar refractivity (Wildman–Crippen MR) is 123 cm³/mol. The van der Waals surface area contributed by atoms with E-state index in [0.29, 0.717) is 12.8 Å². The number of carbonyl (C=O) groups is 1. The van der Waals surface area contributed by atoms with Crippen molar-refractivity contribution >= 4 is 27.5 Å². The predicted octanol–water partition coefficient (Wildman–Crippen LogP) is 5.01. The van der Waals surface area contributed by atoms with E-state index in [4.69, 9.17) is 9.84 Å². The van der Waals surface area contributed by atoms with Gasteiger partial charge in [0.2, 0.25) is 5.91 Å². The number of methoxy groups -OCH3 is 1. The Hall–Kier alpha value is -2.18. The fraction of sp³-hybridized carbons (Fsp3) is 0.417. The summed E-state index contributed by atoms with van der Waals surface area (Å²) in [4.78, 5) is 15.6. The topological polar surface area (TPSA) is 45.1 Å². The number of halogens is 1. The third-order valence-corrected chi connectivity index (χ3v) is 6.46. The SMILES string of the molecule is COc1ccc(C2CC(c3ccc(Br)cc3)=NN2C(=O)CCN2CCCCC2)cc1. The van der Waals surface area contributed by atoms with Crippen molar-refractivity contribution < 1.29 is 9.53 Å². The van der Waals surface area contributed by atoms with E-state index < -0.39 is 0 Å². The summed E-state index contributed by atoms with van der Waals surface area (Å²) in [6.07, 6.45) is 4.99. The van der Waals surface area contributed by atoms with Gasteiger partial charge in [-0.15, -0.1) is 0 Å². The van der Waals surface area contributed by atoms with Gasteiger partial charge in [-0.25, -0.2) is 5.01 Å². The monoisotopic (exact) mass is 469 g/mol. The molecule has 2 heterocycles. The highest BCUT2D eigenvalue weighted by Gasteiger charge is 2.33. The van der Waals surface area contributed by atoms with Crippen molar-refractivity contribution in [3.8, 4) is 5.75 Å². The largest absolute Gasteiger partial charge is 0.497 e. The molecule has 1 fully saturated rings. The normalized spacial score (nSPS) is 19.6. The molecule has 2 aliphatic rings. The Bertz CT molecular complexity index is 890. The number of hydrogen-bond acceptors (Lipinski definition) is 4. The first-order valence-corrected chi connectivity index (χ1v) is 11.4. The van der Waals surface area contributed by atoms with E-state index in [0.717, 1.165) is 46.7 Å². The van der Waals surface area contributed by atoms with Crippen LogP contribution in [0.15, 0.2) is 58.1 Å². The van der Waals surface area contributed by atoms with Crippen molar-refractivity contribution in [1.29, 1.82) is 0 Å². The number of rotatable bonds is 6. The van der Waals surface area contributed by atoms with E-state index in [2.05, 4.69) is 33.0 Å². The van der Waals surface area contributed by atoms with Crippen molar-refractivity contribution in [3.05, 3.63) is 64.1 Å². The molecule has 30 heavy (non-hydrogen) atoms. The Labute approximate surface area is 186 Å². The molecule has 1 unspecified atom stereocenters. The lowest BCUT2D eigenvalue weighted by Crippen LogP contribution is -2.35. The number of hydrogen-bond donors (Lipinski definition) is 0. The zero-order chi connectivity index (χ0) is 20.9. The Morgan fingerprint density at radius 3 is 2.43 bits per heavy atom. The summed E-state index contributed by atoms with van der Waals surface area (Å²) in [6, 6.07) is 16.0. The Balaban J connectivity index is 1.53. The maximum absolute atomic E-state index is 13.2. The van der Waals surface area contributed by atoms with Gasteiger partial charge >= 0.3 is 0 Å². The van der Waals surface area contributed by atoms with Gasteiger partial charge < -0.3 is 9.64 Å². The second kappa shape index (κ2) is 9.75. The molecule has 1 amide bonds. The summed E-state index contributed by atoms with van der Waals surface area (Å²) in [5, 5.41) is 6.50. The molecular formula is C24H28BrN3O2. The van der Waals surface area contributed by atoms with Crippen LogP contribution in [0.4, 0.5) is 0 Å². The third-order valence-electron chi connectivity index (χ3n) is 5.93. The molecule has 2 aromatic carbocycles. The van der Waals surface area contributed by atoms with Gasteiger partial charge in [-0.2, -0.15) is 5.10 Å². The lowest BCUT2D eigenvalue weighted by Gasteiger charge is -2.27. The Morgan fingerprint density at radius 2 is 1.77 bits per heavy atom. The summed E-state index contributed by atoms with van der Waals surface area (Å²) >= 11 is 3.49. The number of piperidine rings is 1. The molecule has 0 bridgehead atoms. The molecule has 5 nitrogen and oxygen atoms in total. The number of likely N-dealkylation sites (tertiary alicyclic amines) is 1. The van der Waals surface area contributed by atoms with Crippen molar-refractivity contribution in [1.82, 2.24) is 9.91 Å². The minimum Gasteiger partial charge on any atom is -0.497 e. The highest BCUT2D eigenvalue weighted by molar-refractivity contribution is 9.10. The van der Waals surface area contributed by atoms with Crippen molar-refractivity contribution in [2.24, 2.45) is 5.10 Å². The highest BCUT2D eigenvalue weighted by atomic mass is 79.9. The van der Waals surface area contributed by atoms with Gasteiger partial charge in [-0.05, 0) is 61.3 Å². The number of hydrazone groups is 1. The first-order valence-electron chi connectivity index (χ1n) is 10.7. The molecular weight excluding hydrogens is 442 g/mol. The van der Waals surface area contributed by atoms with Crippen molar-refractivity contribution in [3.63, 3.8) is 0 Å². The molecule has 2 aliphatic heterocycles. The van der Waals surface area contributed by atoms with Crippen LogP contribution < -0.4 is 4.74 Å². The molecule has 2 aromatic rings. The molecule has 6 heteroatoms. The van der Waals surface area contributed by atoms with E-state index in [1.807, 2.05) is 36.4 Å². The lowest BCUT2D eigenvalue weighted by molar-refractivity contribution is -0.133. The molecule has 0 radical (unpaired) electrons. The standard InChI is InChI=1S/C24H28BrN3O2/c1-30-21-11-7-19(8-12-21)23-17-22(18-5-9-20(25)10-6-18)26-28(23)24(29)13-16-27-14-3-2-4-15-27/h5-12,23H,2-4,13-17H2,1H3. The molecule has 1 atom stereocenters. The second-order valence-electron chi connectivity index (χ2n) is 7.94. The van der Waals surface area contributed by atoms with Gasteiger partial charge in [-0.3, -0.25) is 4.79 Å². The summed E-state index contributed by atoms with van der Waals surface area (Å²) in [6.45, 7) is 3.01. The quantitative estimate of drug-likeness (QED) is 0.596. The Kier molecular flexibility index (Phi) is 6.85. The van der Waals surface area contributed by atoms with Crippen LogP contribution in [-0.2, 0) is 4.79 Å². The van der Waals surface area contributed by atoms with E-state index in [-0.39, 0.29) is 11.9 Å². The van der Waals surface area contributed by atoms with Gasteiger partial charge in [0, 0.05) is 23.9 Å². The van der Waals surface area contributed by atoms with Crippen LogP contribution in [-0.4, -0.2) is 48.3 Å². The van der Waals surface area contributed by atoms with E-state index in [1.165, 1.54) is 19.3 Å². The first-order chi connectivity index (χ1) is 14.6. The van der Waals surface area contributed by atoms with E-state index >= 15 is 0 Å². The summed E-state index contributed by atoms with van der Waals surface area (Å²) < 4.78 is 6.33. The van der Waals surface area contributed by atoms with Crippen molar-refractivity contribution in [2.75, 3.05) is 26.7 Å². The molecule has 1 saturated heterocycles. The Morgan fingerprint density at radius 1 is 1.07 bits per heavy atom. The fourth-order valence-electron chi connectivity index (χ4n) is 4.19. The maximum atomic E-state index is 13.2. The van der Waals surface area contributed by atoms with E-state index in [1.54, 1.807) is 12.1 Å². The number of amides is 1. The maximum Gasteiger partial charge on any atom is 0.244 e. The average molecular weight is 470 g/mol. The van der Waals surface area contributed by atoms with Crippen LogP contribution in [0.3, 0.4) is 0 Å². The molecule has 0 aromatic heterocycles. The summed E-state index contributed by atoms with van der Waals surface area (Å²) in [5.41, 5.74) is 3.09. The van der Waals surface area contributed by atoms with Crippen LogP contribution in [0, 0.1) is 0 Å². The second-order valence-corrected chi connectivity index (χ2v) is 8.85. The molecule has 0 N–H and O–H groups in total. The van der Waals surface area contributed by atoms with Crippen LogP contribution in [0.5, 0.6) is 5.75 Å². The van der Waals surface area contributed by atoms with E-state index in [9.17, 15) is 4.79 Å². The smallest absolute Gasteiger partial charge is 0.244 e. The summed E-state index contributed by atoms with van der Waals surface area (Å²) in [7, 11) is 1.66. The summed E-state index contributed by atoms with van der Waals surface area (Å²) in [5.74, 6) is 0.905. The fourth-order valence-corrected chi connectivity index (χ4v) is 4.46. The molecule has 158 valence electrons. The minimum atomic E-state index is -0.0802. The number of nitrogens with zero attached hydrogens (tertiary/aromatic N) is 3. The van der Waals surface area contributed by atoms with Crippen molar-refractivity contribution in [2.45, 2.75) is 38.1 Å². The van der Waals surface area contributed by atoms with Crippen LogP contribution in [0.25, 0.3) is 0 Å². The van der Waals surface area contributed by atoms with Gasteiger partial charge in [0.05, 0.1) is 18.9 Å². The lowest BCUT2D eigenvalue weighted by atomic mass is 9.98. The number of ether oxygens (including phenoxy) is 1. The zero-order valence-corrected chi connectivity index (χ0v) is 19.0. The molecule has 4 rings (SSSR count). The highest BCUT2D eigenvalue weighted by Crippen LogP contribution is 2.34. The number of benzene rings is 2. The van der Waals surface area contributed by atoms with Gasteiger partial charge in [0.25, 0.3) is 0 Å². The molecule has 0 saturated carbocycles. The van der Waals surface area contributed by atoms with Gasteiger partial charge in [0.1, 0.15) is 5.75 Å². The number of carbonyl (C=O) groups excluding carboxylic acids is 1. The van der Waals surface area contributed by atoms with Crippen LogP contribution in [0.2, 0.25) is 0 Å². The third kappa shape index (κ3) is 4.93. The minimum absolute atomic E-state index is 0.0802. The average Bonchev–Trinajstić information content (AvgIpc) is 3.24. The zero-order valence-electron chi connectivity index (χ0n) is 17.4. The van der Waals surface area contributed by atoms with Crippen LogP contribution in [0.1, 0.15) is 49.3 Å². The molecule has 0 spiro atoms. The van der Waals surface area contributed by atoms with Gasteiger partial charge in [0.15, 0.2) is 0 Å². The van der Waals surface area contributed by atoms with Gasteiger partial charge in [-0.1, -0.05) is 46.6 Å². The molecule has 0 aliphatic carbocycles.